The molecule has 1 unspecified atom stereocenters. The van der Waals surface area contributed by atoms with E-state index >= 15 is 0 Å². The van der Waals surface area contributed by atoms with E-state index in [2.05, 4.69) is 21.3 Å². The van der Waals surface area contributed by atoms with Crippen LogP contribution in [0.3, 0.4) is 0 Å². The maximum Gasteiger partial charge on any atom is 0.246 e. The zero-order valence-corrected chi connectivity index (χ0v) is 11.2. The number of fused-ring (bicyclic) bond motifs is 1. The number of primary amides is 1. The highest BCUT2D eigenvalue weighted by molar-refractivity contribution is 5.92. The smallest absolute Gasteiger partial charge is 0.246 e. The molecule has 0 bridgehead atoms. The van der Waals surface area contributed by atoms with Gasteiger partial charge in [0.2, 0.25) is 5.91 Å². The number of hydrogen-bond donors (Lipinski definition) is 2. The van der Waals surface area contributed by atoms with Gasteiger partial charge in [-0.3, -0.25) is 9.78 Å². The van der Waals surface area contributed by atoms with Crippen molar-refractivity contribution in [3.63, 3.8) is 0 Å². The van der Waals surface area contributed by atoms with Crippen molar-refractivity contribution in [3.8, 4) is 0 Å². The van der Waals surface area contributed by atoms with Crippen LogP contribution in [0.2, 0.25) is 0 Å². The molecule has 1 atom stereocenters. The summed E-state index contributed by atoms with van der Waals surface area (Å²) < 4.78 is 0. The summed E-state index contributed by atoms with van der Waals surface area (Å²) in [4.78, 5) is 17.8. The van der Waals surface area contributed by atoms with Gasteiger partial charge in [0, 0.05) is 48.9 Å². The van der Waals surface area contributed by atoms with Gasteiger partial charge in [0.1, 0.15) is 0 Å². The third kappa shape index (κ3) is 2.58. The number of piperazine rings is 1. The highest BCUT2D eigenvalue weighted by Gasteiger charge is 2.27. The molecule has 5 nitrogen and oxygen atoms in total. The lowest BCUT2D eigenvalue weighted by molar-refractivity contribution is -0.114. The van der Waals surface area contributed by atoms with E-state index in [9.17, 15) is 4.79 Å². The highest BCUT2D eigenvalue weighted by atomic mass is 16.1. The molecule has 104 valence electrons. The molecule has 0 radical (unpaired) electrons. The molecule has 0 saturated carbocycles. The number of nitrogens with zero attached hydrogens (tertiary/aromatic N) is 2. The Bertz CT molecular complexity index is 564. The van der Waals surface area contributed by atoms with Crippen LogP contribution in [-0.4, -0.2) is 34.9 Å². The second-order valence-corrected chi connectivity index (χ2v) is 5.08. The van der Waals surface area contributed by atoms with E-state index in [0.717, 1.165) is 25.2 Å². The molecule has 0 aromatic carbocycles. The summed E-state index contributed by atoms with van der Waals surface area (Å²) in [6, 6.07) is 6.20. The molecular weight excluding hydrogens is 252 g/mol. The molecule has 1 saturated heterocycles. The van der Waals surface area contributed by atoms with Crippen molar-refractivity contribution < 1.29 is 4.79 Å². The standard InChI is InChI=1S/C15H18N4O/c16-15(20)11-4-5-14-13(18-7-8-19(14)10-11)9-12-3-1-2-6-17-12/h1-3,5-6,10,13,18H,4,7-9H2,(H2,16,20). The number of nitrogens with one attached hydrogen (secondary N) is 1. The Balaban J connectivity index is 1.76. The van der Waals surface area contributed by atoms with E-state index in [1.807, 2.05) is 30.6 Å². The number of carbonyl (C=O) groups excluding carboxylic acids is 1. The van der Waals surface area contributed by atoms with Crippen LogP contribution in [0.5, 0.6) is 0 Å². The van der Waals surface area contributed by atoms with Crippen molar-refractivity contribution in [2.75, 3.05) is 13.1 Å². The number of hydrogen-bond acceptors (Lipinski definition) is 4. The van der Waals surface area contributed by atoms with E-state index in [4.69, 9.17) is 5.73 Å². The van der Waals surface area contributed by atoms with Gasteiger partial charge < -0.3 is 16.0 Å². The quantitative estimate of drug-likeness (QED) is 0.841. The summed E-state index contributed by atoms with van der Waals surface area (Å²) in [7, 11) is 0. The number of amides is 1. The molecule has 0 aliphatic carbocycles. The zero-order valence-electron chi connectivity index (χ0n) is 11.2. The average molecular weight is 270 g/mol. The van der Waals surface area contributed by atoms with Crippen molar-refractivity contribution >= 4 is 5.91 Å². The SMILES string of the molecule is NC(=O)C1=CN2CCNC(Cc3ccccn3)C2=CC1. The summed E-state index contributed by atoms with van der Waals surface area (Å²) >= 11 is 0. The van der Waals surface area contributed by atoms with Crippen LogP contribution in [0.15, 0.2) is 47.9 Å². The van der Waals surface area contributed by atoms with Crippen LogP contribution in [0.25, 0.3) is 0 Å². The Hall–Kier alpha value is -2.14. The fourth-order valence-electron chi connectivity index (χ4n) is 2.72. The fourth-order valence-corrected chi connectivity index (χ4v) is 2.72. The second-order valence-electron chi connectivity index (χ2n) is 5.08. The molecule has 5 heteroatoms. The molecule has 2 aliphatic rings. The van der Waals surface area contributed by atoms with Gasteiger partial charge >= 0.3 is 0 Å². The molecule has 3 rings (SSSR count). The van der Waals surface area contributed by atoms with Gasteiger partial charge in [-0.15, -0.1) is 0 Å². The normalized spacial score (nSPS) is 21.8. The predicted molar refractivity (Wildman–Crippen MR) is 76.4 cm³/mol. The van der Waals surface area contributed by atoms with E-state index in [1.165, 1.54) is 5.70 Å². The first kappa shape index (κ1) is 12.9. The Kier molecular flexibility index (Phi) is 3.52. The number of rotatable bonds is 3. The summed E-state index contributed by atoms with van der Waals surface area (Å²) in [5, 5.41) is 3.52. The minimum absolute atomic E-state index is 0.240. The molecule has 3 N–H and O–H groups in total. The van der Waals surface area contributed by atoms with Gasteiger partial charge in [0.05, 0.1) is 6.04 Å². The largest absolute Gasteiger partial charge is 0.366 e. The van der Waals surface area contributed by atoms with Crippen LogP contribution >= 0.6 is 0 Å². The number of allylic oxidation sites excluding steroid dienone is 1. The summed E-state index contributed by atoms with van der Waals surface area (Å²) in [6.07, 6.45) is 7.27. The molecule has 1 aromatic heterocycles. The fraction of sp³-hybridized carbons (Fsp3) is 0.333. The zero-order chi connectivity index (χ0) is 13.9. The van der Waals surface area contributed by atoms with E-state index in [1.54, 1.807) is 0 Å². The molecule has 1 amide bonds. The first-order chi connectivity index (χ1) is 9.74. The maximum atomic E-state index is 11.3. The van der Waals surface area contributed by atoms with Gasteiger partial charge in [0.15, 0.2) is 0 Å². The molecule has 0 spiro atoms. The monoisotopic (exact) mass is 270 g/mol. The molecule has 2 aliphatic heterocycles. The van der Waals surface area contributed by atoms with Crippen LogP contribution in [-0.2, 0) is 11.2 Å². The maximum absolute atomic E-state index is 11.3. The topological polar surface area (TPSA) is 71.2 Å². The third-order valence-corrected chi connectivity index (χ3v) is 3.73. The van der Waals surface area contributed by atoms with E-state index in [0.29, 0.717) is 12.0 Å². The van der Waals surface area contributed by atoms with Gasteiger partial charge in [-0.05, 0) is 18.6 Å². The van der Waals surface area contributed by atoms with Crippen LogP contribution in [0.4, 0.5) is 0 Å². The molecular formula is C15H18N4O. The van der Waals surface area contributed by atoms with Crippen LogP contribution in [0.1, 0.15) is 12.1 Å². The van der Waals surface area contributed by atoms with E-state index in [-0.39, 0.29) is 11.9 Å². The number of carbonyl (C=O) groups is 1. The predicted octanol–water partition coefficient (Wildman–Crippen LogP) is 0.555. The molecule has 3 heterocycles. The summed E-state index contributed by atoms with van der Waals surface area (Å²) in [5.74, 6) is -0.333. The van der Waals surface area contributed by atoms with Gasteiger partial charge in [0.25, 0.3) is 0 Å². The molecule has 1 fully saturated rings. The van der Waals surface area contributed by atoms with Crippen molar-refractivity contribution in [1.29, 1.82) is 0 Å². The minimum atomic E-state index is -0.333. The van der Waals surface area contributed by atoms with Crippen molar-refractivity contribution in [2.45, 2.75) is 18.9 Å². The Labute approximate surface area is 118 Å². The number of aromatic nitrogens is 1. The highest BCUT2D eigenvalue weighted by Crippen LogP contribution is 2.24. The van der Waals surface area contributed by atoms with Crippen molar-refractivity contribution in [2.24, 2.45) is 5.73 Å². The minimum Gasteiger partial charge on any atom is -0.366 e. The number of pyridine rings is 1. The van der Waals surface area contributed by atoms with Gasteiger partial charge in [-0.1, -0.05) is 12.1 Å². The molecule has 20 heavy (non-hydrogen) atoms. The third-order valence-electron chi connectivity index (χ3n) is 3.73. The van der Waals surface area contributed by atoms with Crippen molar-refractivity contribution in [1.82, 2.24) is 15.2 Å². The van der Waals surface area contributed by atoms with Gasteiger partial charge in [-0.25, -0.2) is 0 Å². The lowest BCUT2D eigenvalue weighted by Gasteiger charge is -2.38. The first-order valence-corrected chi connectivity index (χ1v) is 6.84. The summed E-state index contributed by atoms with van der Waals surface area (Å²) in [6.45, 7) is 1.75. The first-order valence-electron chi connectivity index (χ1n) is 6.84. The van der Waals surface area contributed by atoms with E-state index < -0.39 is 0 Å². The summed E-state index contributed by atoms with van der Waals surface area (Å²) in [5.41, 5.74) is 8.31. The molecule has 1 aromatic rings. The average Bonchev–Trinajstić information content (AvgIpc) is 2.48. The Morgan fingerprint density at radius 3 is 3.15 bits per heavy atom. The van der Waals surface area contributed by atoms with Crippen molar-refractivity contribution in [3.05, 3.63) is 53.6 Å². The number of nitrogens with two attached hydrogens (primary N) is 1. The van der Waals surface area contributed by atoms with Crippen LogP contribution < -0.4 is 11.1 Å². The van der Waals surface area contributed by atoms with Gasteiger partial charge in [-0.2, -0.15) is 0 Å². The van der Waals surface area contributed by atoms with Crippen LogP contribution in [0, 0.1) is 0 Å². The lowest BCUT2D eigenvalue weighted by atomic mass is 9.98. The lowest BCUT2D eigenvalue weighted by Crippen LogP contribution is -2.49. The Morgan fingerprint density at radius 2 is 2.40 bits per heavy atom. The second kappa shape index (κ2) is 5.46. The Morgan fingerprint density at radius 1 is 1.50 bits per heavy atom.